The van der Waals surface area contributed by atoms with Crippen LogP contribution in [0.4, 0.5) is 0 Å². The van der Waals surface area contributed by atoms with Crippen LogP contribution in [0.1, 0.15) is 66.4 Å². The van der Waals surface area contributed by atoms with Gasteiger partial charge in [-0.2, -0.15) is 0 Å². The average molecular weight is 548 g/mol. The number of benzene rings is 2. The van der Waals surface area contributed by atoms with Crippen LogP contribution in [0.15, 0.2) is 48.5 Å². The van der Waals surface area contributed by atoms with Crippen molar-refractivity contribution in [2.75, 3.05) is 39.8 Å². The van der Waals surface area contributed by atoms with E-state index in [1.54, 1.807) is 12.1 Å². The molecule has 1 unspecified atom stereocenters. The maximum absolute atomic E-state index is 12.8. The average Bonchev–Trinajstić information content (AvgIpc) is 3.65. The van der Waals surface area contributed by atoms with Gasteiger partial charge in [0.1, 0.15) is 12.4 Å². The molecule has 2 aromatic carbocycles. The number of piperazine rings is 1. The van der Waals surface area contributed by atoms with Gasteiger partial charge in [-0.1, -0.05) is 49.6 Å². The Kier molecular flexibility index (Phi) is 9.04. The molecular formula is C32H41N3O5. The third-order valence-electron chi connectivity index (χ3n) is 8.94. The van der Waals surface area contributed by atoms with Gasteiger partial charge >= 0.3 is 5.97 Å². The van der Waals surface area contributed by atoms with Crippen molar-refractivity contribution in [3.8, 4) is 5.75 Å². The highest BCUT2D eigenvalue weighted by Crippen LogP contribution is 2.62. The fourth-order valence-corrected chi connectivity index (χ4v) is 6.36. The van der Waals surface area contributed by atoms with E-state index >= 15 is 0 Å². The van der Waals surface area contributed by atoms with E-state index in [4.69, 9.17) is 9.47 Å². The first kappa shape index (κ1) is 28.1. The number of methoxy groups -OCH3 is 1. The predicted octanol–water partition coefficient (Wildman–Crippen LogP) is 4.17. The SMILES string of the molecule is COC(=O)c1ccc(COc2ccccc2CN2CCN(C(=O)CNC(=O)CC3CC34CCCCC4)CC2)cc1. The fourth-order valence-electron chi connectivity index (χ4n) is 6.36. The van der Waals surface area contributed by atoms with Crippen LogP contribution in [0.5, 0.6) is 5.75 Å². The molecule has 2 aromatic rings. The topological polar surface area (TPSA) is 88.2 Å². The van der Waals surface area contributed by atoms with Gasteiger partial charge in [0.05, 0.1) is 19.2 Å². The molecule has 3 fully saturated rings. The normalized spacial score (nSPS) is 20.1. The van der Waals surface area contributed by atoms with E-state index in [9.17, 15) is 14.4 Å². The number of carbonyl (C=O) groups is 3. The summed E-state index contributed by atoms with van der Waals surface area (Å²) in [5.41, 5.74) is 3.01. The van der Waals surface area contributed by atoms with E-state index in [0.29, 0.717) is 43.0 Å². The summed E-state index contributed by atoms with van der Waals surface area (Å²) in [6.07, 6.45) is 8.24. The lowest BCUT2D eigenvalue weighted by molar-refractivity contribution is -0.134. The molecular weight excluding hydrogens is 506 g/mol. The number of esters is 1. The number of nitrogens with one attached hydrogen (secondary N) is 1. The Morgan fingerprint density at radius 3 is 2.40 bits per heavy atom. The zero-order chi connectivity index (χ0) is 28.0. The zero-order valence-electron chi connectivity index (χ0n) is 23.5. The van der Waals surface area contributed by atoms with Crippen molar-refractivity contribution in [3.05, 3.63) is 65.2 Å². The molecule has 214 valence electrons. The summed E-state index contributed by atoms with van der Waals surface area (Å²) in [5, 5.41) is 2.89. The number of para-hydroxylation sites is 1. The number of rotatable bonds is 10. The predicted molar refractivity (Wildman–Crippen MR) is 152 cm³/mol. The Balaban J connectivity index is 1.03. The molecule has 0 aromatic heterocycles. The number of amides is 2. The summed E-state index contributed by atoms with van der Waals surface area (Å²) in [7, 11) is 1.37. The second-order valence-electron chi connectivity index (χ2n) is 11.5. The van der Waals surface area contributed by atoms with Crippen LogP contribution >= 0.6 is 0 Å². The first-order valence-electron chi connectivity index (χ1n) is 14.6. The largest absolute Gasteiger partial charge is 0.489 e. The van der Waals surface area contributed by atoms with Crippen molar-refractivity contribution in [1.29, 1.82) is 0 Å². The van der Waals surface area contributed by atoms with Crippen molar-refractivity contribution in [2.24, 2.45) is 11.3 Å². The van der Waals surface area contributed by atoms with Crippen LogP contribution < -0.4 is 10.1 Å². The van der Waals surface area contributed by atoms with Crippen LogP contribution in [0.25, 0.3) is 0 Å². The number of ether oxygens (including phenoxy) is 2. The molecule has 40 heavy (non-hydrogen) atoms. The minimum Gasteiger partial charge on any atom is -0.489 e. The molecule has 1 aliphatic heterocycles. The molecule has 1 heterocycles. The number of hydrogen-bond acceptors (Lipinski definition) is 6. The van der Waals surface area contributed by atoms with Gasteiger partial charge in [-0.25, -0.2) is 4.79 Å². The second-order valence-corrected chi connectivity index (χ2v) is 11.5. The van der Waals surface area contributed by atoms with Gasteiger partial charge in [0.2, 0.25) is 11.8 Å². The molecule has 8 heteroatoms. The highest BCUT2D eigenvalue weighted by Gasteiger charge is 2.53. The van der Waals surface area contributed by atoms with Crippen molar-refractivity contribution in [3.63, 3.8) is 0 Å². The Morgan fingerprint density at radius 1 is 0.950 bits per heavy atom. The molecule has 1 N–H and O–H groups in total. The molecule has 0 bridgehead atoms. The first-order chi connectivity index (χ1) is 19.5. The smallest absolute Gasteiger partial charge is 0.337 e. The molecule has 1 saturated heterocycles. The van der Waals surface area contributed by atoms with Crippen LogP contribution in [0, 0.1) is 11.3 Å². The molecule has 3 aliphatic rings. The summed E-state index contributed by atoms with van der Waals surface area (Å²) < 4.78 is 10.9. The highest BCUT2D eigenvalue weighted by atomic mass is 16.5. The van der Waals surface area contributed by atoms with Gasteiger partial charge < -0.3 is 19.7 Å². The minimum absolute atomic E-state index is 0.00173. The summed E-state index contributed by atoms with van der Waals surface area (Å²) in [6.45, 7) is 4.07. The fraction of sp³-hybridized carbons (Fsp3) is 0.531. The Morgan fingerprint density at radius 2 is 1.68 bits per heavy atom. The quantitative estimate of drug-likeness (QED) is 0.449. The zero-order valence-corrected chi connectivity index (χ0v) is 23.5. The van der Waals surface area contributed by atoms with Crippen LogP contribution in [0.2, 0.25) is 0 Å². The Bertz CT molecular complexity index is 1180. The van der Waals surface area contributed by atoms with E-state index in [0.717, 1.165) is 36.5 Å². The van der Waals surface area contributed by atoms with Gasteiger partial charge in [0, 0.05) is 44.7 Å². The Labute approximate surface area is 237 Å². The van der Waals surface area contributed by atoms with E-state index in [1.165, 1.54) is 45.6 Å². The van der Waals surface area contributed by atoms with Gasteiger partial charge in [-0.15, -0.1) is 0 Å². The first-order valence-corrected chi connectivity index (χ1v) is 14.6. The lowest BCUT2D eigenvalue weighted by atomic mass is 9.84. The lowest BCUT2D eigenvalue weighted by Crippen LogP contribution is -2.50. The van der Waals surface area contributed by atoms with Gasteiger partial charge in [-0.05, 0) is 54.4 Å². The molecule has 5 rings (SSSR count). The van der Waals surface area contributed by atoms with Gasteiger partial charge in [0.25, 0.3) is 0 Å². The standard InChI is InChI=1S/C32H41N3O5/c1-39-31(38)25-11-9-24(10-12-25)23-40-28-8-4-3-7-26(28)22-34-15-17-35(18-16-34)30(37)21-33-29(36)19-27-20-32(27)13-5-2-6-14-32/h3-4,7-12,27H,2,5-6,13-23H2,1H3,(H,33,36). The number of hydrogen-bond donors (Lipinski definition) is 1. The van der Waals surface area contributed by atoms with Crippen molar-refractivity contribution >= 4 is 17.8 Å². The highest BCUT2D eigenvalue weighted by molar-refractivity contribution is 5.89. The van der Waals surface area contributed by atoms with Crippen LogP contribution in [-0.2, 0) is 27.5 Å². The molecule has 8 nitrogen and oxygen atoms in total. The minimum atomic E-state index is -0.356. The van der Waals surface area contributed by atoms with Gasteiger partial charge in [-0.3, -0.25) is 14.5 Å². The van der Waals surface area contributed by atoms with Crippen molar-refractivity contribution < 1.29 is 23.9 Å². The van der Waals surface area contributed by atoms with Gasteiger partial charge in [0.15, 0.2) is 0 Å². The molecule has 1 atom stereocenters. The number of nitrogens with zero attached hydrogens (tertiary/aromatic N) is 2. The van der Waals surface area contributed by atoms with Crippen LogP contribution in [0.3, 0.4) is 0 Å². The second kappa shape index (κ2) is 12.9. The summed E-state index contributed by atoms with van der Waals surface area (Å²) in [6, 6.07) is 15.2. The molecule has 2 aliphatic carbocycles. The van der Waals surface area contributed by atoms with E-state index < -0.39 is 0 Å². The molecule has 1 spiro atoms. The lowest BCUT2D eigenvalue weighted by Gasteiger charge is -2.35. The van der Waals surface area contributed by atoms with E-state index in [1.807, 2.05) is 35.2 Å². The summed E-state index contributed by atoms with van der Waals surface area (Å²) >= 11 is 0. The monoisotopic (exact) mass is 547 g/mol. The van der Waals surface area contributed by atoms with Crippen molar-refractivity contribution in [2.45, 2.75) is 58.1 Å². The number of carbonyl (C=O) groups excluding carboxylic acids is 3. The molecule has 2 amide bonds. The van der Waals surface area contributed by atoms with Crippen molar-refractivity contribution in [1.82, 2.24) is 15.1 Å². The molecule has 2 saturated carbocycles. The summed E-state index contributed by atoms with van der Waals surface area (Å²) in [4.78, 5) is 41.1. The Hall–Kier alpha value is -3.39. The van der Waals surface area contributed by atoms with Crippen LogP contribution in [-0.4, -0.2) is 67.4 Å². The third-order valence-corrected chi connectivity index (χ3v) is 8.94. The third kappa shape index (κ3) is 7.02. The molecule has 0 radical (unpaired) electrons. The maximum Gasteiger partial charge on any atom is 0.337 e. The maximum atomic E-state index is 12.8. The van der Waals surface area contributed by atoms with E-state index in [-0.39, 0.29) is 24.3 Å². The summed E-state index contributed by atoms with van der Waals surface area (Å²) in [5.74, 6) is 1.01. The van der Waals surface area contributed by atoms with E-state index in [2.05, 4.69) is 16.3 Å².